The molecule has 0 saturated carbocycles. The van der Waals surface area contributed by atoms with Crippen molar-refractivity contribution in [2.24, 2.45) is 0 Å². The molecule has 1 aromatic heterocycles. The van der Waals surface area contributed by atoms with Crippen molar-refractivity contribution in [2.75, 3.05) is 7.11 Å². The Balaban J connectivity index is 2.62. The Morgan fingerprint density at radius 3 is 3.00 bits per heavy atom. The van der Waals surface area contributed by atoms with E-state index in [9.17, 15) is 4.79 Å². The van der Waals surface area contributed by atoms with Crippen molar-refractivity contribution < 1.29 is 13.9 Å². The van der Waals surface area contributed by atoms with Gasteiger partial charge in [0, 0.05) is 0 Å². The van der Waals surface area contributed by atoms with Gasteiger partial charge in [-0.1, -0.05) is 6.07 Å². The Labute approximate surface area is 93.4 Å². The smallest absolute Gasteiger partial charge is 0.394 e. The van der Waals surface area contributed by atoms with Crippen molar-refractivity contribution in [2.45, 2.75) is 0 Å². The lowest BCUT2D eigenvalue weighted by Gasteiger charge is -1.89. The first kappa shape index (κ1) is 9.45. The third-order valence-corrected chi connectivity index (χ3v) is 2.58. The number of esters is 1. The molecular formula is C9H6INO3. The Morgan fingerprint density at radius 2 is 2.36 bits per heavy atom. The maximum atomic E-state index is 11.1. The van der Waals surface area contributed by atoms with Crippen molar-refractivity contribution in [3.8, 4) is 0 Å². The quantitative estimate of drug-likeness (QED) is 0.599. The summed E-state index contributed by atoms with van der Waals surface area (Å²) in [4.78, 5) is 15.1. The van der Waals surface area contributed by atoms with Crippen molar-refractivity contribution in [3.05, 3.63) is 27.7 Å². The van der Waals surface area contributed by atoms with Gasteiger partial charge >= 0.3 is 11.9 Å². The minimum atomic E-state index is -0.558. The Morgan fingerprint density at radius 1 is 1.57 bits per heavy atom. The summed E-state index contributed by atoms with van der Waals surface area (Å²) < 4.78 is 10.7. The molecule has 5 heteroatoms. The number of ether oxygens (including phenoxy) is 1. The SMILES string of the molecule is COC(=O)c1nc2cccc(I)c2o1. The number of carbonyl (C=O) groups excluding carboxylic acids is 1. The van der Waals surface area contributed by atoms with E-state index < -0.39 is 5.97 Å². The predicted octanol–water partition coefficient (Wildman–Crippen LogP) is 2.22. The summed E-state index contributed by atoms with van der Waals surface area (Å²) in [6.07, 6.45) is 0. The molecule has 1 aromatic carbocycles. The van der Waals surface area contributed by atoms with E-state index in [2.05, 4.69) is 32.3 Å². The van der Waals surface area contributed by atoms with Gasteiger partial charge in [0.25, 0.3) is 0 Å². The van der Waals surface area contributed by atoms with Gasteiger partial charge in [0.15, 0.2) is 5.58 Å². The normalized spacial score (nSPS) is 10.4. The zero-order valence-corrected chi connectivity index (χ0v) is 9.44. The lowest BCUT2D eigenvalue weighted by Crippen LogP contribution is -2.00. The first-order valence-corrected chi connectivity index (χ1v) is 4.93. The van der Waals surface area contributed by atoms with E-state index >= 15 is 0 Å². The number of nitrogens with zero attached hydrogens (tertiary/aromatic N) is 1. The topological polar surface area (TPSA) is 52.3 Å². The van der Waals surface area contributed by atoms with Crippen molar-refractivity contribution in [1.82, 2.24) is 4.98 Å². The molecule has 0 amide bonds. The van der Waals surface area contributed by atoms with E-state index in [1.165, 1.54) is 7.11 Å². The molecule has 0 aliphatic heterocycles. The molecule has 0 aliphatic carbocycles. The summed E-state index contributed by atoms with van der Waals surface area (Å²) in [6, 6.07) is 5.52. The molecule has 0 saturated heterocycles. The van der Waals surface area contributed by atoms with Gasteiger partial charge in [-0.3, -0.25) is 0 Å². The third kappa shape index (κ3) is 1.47. The number of benzene rings is 1. The highest BCUT2D eigenvalue weighted by Crippen LogP contribution is 2.21. The van der Waals surface area contributed by atoms with Crippen LogP contribution in [0.2, 0.25) is 0 Å². The maximum Gasteiger partial charge on any atom is 0.394 e. The van der Waals surface area contributed by atoms with Crippen LogP contribution in [0.3, 0.4) is 0 Å². The first-order valence-electron chi connectivity index (χ1n) is 3.85. The summed E-state index contributed by atoms with van der Waals surface area (Å²) in [6.45, 7) is 0. The van der Waals surface area contributed by atoms with Crippen molar-refractivity contribution >= 4 is 39.7 Å². The third-order valence-electron chi connectivity index (χ3n) is 1.73. The molecule has 1 heterocycles. The van der Waals surface area contributed by atoms with Gasteiger partial charge in [-0.05, 0) is 34.7 Å². The summed E-state index contributed by atoms with van der Waals surface area (Å²) in [7, 11) is 1.29. The number of aromatic nitrogens is 1. The van der Waals surface area contributed by atoms with Crippen LogP contribution in [-0.2, 0) is 4.74 Å². The Bertz CT molecular complexity index is 492. The van der Waals surface area contributed by atoms with Crippen LogP contribution in [-0.4, -0.2) is 18.1 Å². The maximum absolute atomic E-state index is 11.1. The summed E-state index contributed by atoms with van der Waals surface area (Å²) in [5.74, 6) is -0.566. The number of oxazole rings is 1. The van der Waals surface area contributed by atoms with Gasteiger partial charge in [0.1, 0.15) is 5.52 Å². The van der Waals surface area contributed by atoms with Gasteiger partial charge in [-0.2, -0.15) is 0 Å². The molecule has 0 N–H and O–H groups in total. The van der Waals surface area contributed by atoms with Gasteiger partial charge in [-0.15, -0.1) is 0 Å². The van der Waals surface area contributed by atoms with Crippen LogP contribution in [0.1, 0.15) is 10.7 Å². The average Bonchev–Trinajstić information content (AvgIpc) is 2.62. The summed E-state index contributed by atoms with van der Waals surface area (Å²) >= 11 is 2.12. The van der Waals surface area contributed by atoms with E-state index in [0.717, 1.165) is 3.57 Å². The molecule has 72 valence electrons. The van der Waals surface area contributed by atoms with E-state index in [1.807, 2.05) is 12.1 Å². The number of para-hydroxylation sites is 1. The second-order valence-electron chi connectivity index (χ2n) is 2.60. The largest absolute Gasteiger partial charge is 0.462 e. The van der Waals surface area contributed by atoms with Crippen LogP contribution < -0.4 is 0 Å². The molecular weight excluding hydrogens is 297 g/mol. The fourth-order valence-electron chi connectivity index (χ4n) is 1.09. The molecule has 2 rings (SSSR count). The van der Waals surface area contributed by atoms with E-state index in [0.29, 0.717) is 11.1 Å². The highest BCUT2D eigenvalue weighted by Gasteiger charge is 2.15. The van der Waals surface area contributed by atoms with Crippen LogP contribution in [0.5, 0.6) is 0 Å². The molecule has 0 atom stereocenters. The summed E-state index contributed by atoms with van der Waals surface area (Å²) in [5.41, 5.74) is 1.28. The van der Waals surface area contributed by atoms with Gasteiger partial charge in [0.05, 0.1) is 10.7 Å². The number of fused-ring (bicyclic) bond motifs is 1. The van der Waals surface area contributed by atoms with Crippen molar-refractivity contribution in [1.29, 1.82) is 0 Å². The number of hydrogen-bond donors (Lipinski definition) is 0. The standard InChI is InChI=1S/C9H6INO3/c1-13-9(12)8-11-6-4-2-3-5(10)7(6)14-8/h2-4H,1H3. The lowest BCUT2D eigenvalue weighted by atomic mass is 10.3. The van der Waals surface area contributed by atoms with E-state index in [4.69, 9.17) is 4.42 Å². The molecule has 4 nitrogen and oxygen atoms in total. The number of methoxy groups -OCH3 is 1. The Kier molecular flexibility index (Phi) is 2.40. The molecule has 0 spiro atoms. The Hall–Kier alpha value is -1.11. The number of carbonyl (C=O) groups is 1. The monoisotopic (exact) mass is 303 g/mol. The fraction of sp³-hybridized carbons (Fsp3) is 0.111. The minimum absolute atomic E-state index is 0.00776. The van der Waals surface area contributed by atoms with Gasteiger partial charge < -0.3 is 9.15 Å². The average molecular weight is 303 g/mol. The zero-order valence-electron chi connectivity index (χ0n) is 7.28. The first-order chi connectivity index (χ1) is 6.72. The number of halogens is 1. The highest BCUT2D eigenvalue weighted by atomic mass is 127. The zero-order chi connectivity index (χ0) is 10.1. The van der Waals surface area contributed by atoms with E-state index in [1.54, 1.807) is 6.07 Å². The fourth-order valence-corrected chi connectivity index (χ4v) is 1.68. The van der Waals surface area contributed by atoms with Crippen LogP contribution in [0, 0.1) is 3.57 Å². The molecule has 0 bridgehead atoms. The van der Waals surface area contributed by atoms with Crippen molar-refractivity contribution in [3.63, 3.8) is 0 Å². The second kappa shape index (κ2) is 3.56. The predicted molar refractivity (Wildman–Crippen MR) is 58.1 cm³/mol. The number of hydrogen-bond acceptors (Lipinski definition) is 4. The molecule has 0 unspecified atom stereocenters. The second-order valence-corrected chi connectivity index (χ2v) is 3.76. The van der Waals surface area contributed by atoms with Crippen LogP contribution in [0.4, 0.5) is 0 Å². The lowest BCUT2D eigenvalue weighted by molar-refractivity contribution is 0.0558. The van der Waals surface area contributed by atoms with Crippen LogP contribution in [0.15, 0.2) is 22.6 Å². The molecule has 2 aromatic rings. The van der Waals surface area contributed by atoms with Gasteiger partial charge in [-0.25, -0.2) is 9.78 Å². The van der Waals surface area contributed by atoms with Crippen LogP contribution in [0.25, 0.3) is 11.1 Å². The molecule has 0 aliphatic rings. The minimum Gasteiger partial charge on any atom is -0.462 e. The molecule has 0 fully saturated rings. The number of rotatable bonds is 1. The summed E-state index contributed by atoms with van der Waals surface area (Å²) in [5, 5.41) is 0. The van der Waals surface area contributed by atoms with E-state index in [-0.39, 0.29) is 5.89 Å². The van der Waals surface area contributed by atoms with Crippen LogP contribution >= 0.6 is 22.6 Å². The van der Waals surface area contributed by atoms with Gasteiger partial charge in [0.2, 0.25) is 0 Å². The molecule has 14 heavy (non-hydrogen) atoms. The highest BCUT2D eigenvalue weighted by molar-refractivity contribution is 14.1. The molecule has 0 radical (unpaired) electrons.